The van der Waals surface area contributed by atoms with Crippen LogP contribution in [-0.4, -0.2) is 11.1 Å². The smallest absolute Gasteiger partial charge is 0.339 e. The summed E-state index contributed by atoms with van der Waals surface area (Å²) >= 11 is 0. The number of rotatable bonds is 4. The van der Waals surface area contributed by atoms with Crippen molar-refractivity contribution in [3.8, 4) is 5.75 Å². The van der Waals surface area contributed by atoms with Crippen LogP contribution in [0.1, 0.15) is 21.5 Å². The van der Waals surface area contributed by atoms with E-state index in [2.05, 4.69) is 0 Å². The molecule has 1 N–H and O–H groups in total. The second-order valence-corrected chi connectivity index (χ2v) is 4.22. The number of carbonyl (C=O) groups is 1. The normalized spacial score (nSPS) is 10.2. The summed E-state index contributed by atoms with van der Waals surface area (Å²) in [4.78, 5) is 11.1. The van der Waals surface area contributed by atoms with Crippen molar-refractivity contribution in [1.82, 2.24) is 0 Å². The van der Waals surface area contributed by atoms with E-state index in [4.69, 9.17) is 9.84 Å². The number of halogens is 1. The van der Waals surface area contributed by atoms with Crippen LogP contribution in [0.15, 0.2) is 42.5 Å². The van der Waals surface area contributed by atoms with Gasteiger partial charge < -0.3 is 9.84 Å². The number of aryl methyl sites for hydroxylation is 1. The summed E-state index contributed by atoms with van der Waals surface area (Å²) in [6.45, 7) is 2.06. The molecule has 0 amide bonds. The van der Waals surface area contributed by atoms with Crippen LogP contribution in [0, 0.1) is 12.7 Å². The highest BCUT2D eigenvalue weighted by Crippen LogP contribution is 2.21. The summed E-state index contributed by atoms with van der Waals surface area (Å²) in [5.41, 5.74) is 1.81. The quantitative estimate of drug-likeness (QED) is 0.916. The molecule has 2 aromatic carbocycles. The van der Waals surface area contributed by atoms with Crippen molar-refractivity contribution >= 4 is 5.97 Å². The highest BCUT2D eigenvalue weighted by Gasteiger charge is 2.11. The Kier molecular flexibility index (Phi) is 3.80. The third-order valence-corrected chi connectivity index (χ3v) is 2.68. The highest BCUT2D eigenvalue weighted by molar-refractivity contribution is 5.90. The van der Waals surface area contributed by atoms with E-state index in [0.29, 0.717) is 5.75 Å². The number of carboxylic acids is 1. The summed E-state index contributed by atoms with van der Waals surface area (Å²) in [5, 5.41) is 9.06. The second kappa shape index (κ2) is 5.52. The molecular weight excluding hydrogens is 247 g/mol. The lowest BCUT2D eigenvalue weighted by molar-refractivity contribution is 0.0692. The Labute approximate surface area is 110 Å². The van der Waals surface area contributed by atoms with E-state index in [1.54, 1.807) is 24.3 Å². The maximum absolute atomic E-state index is 12.8. The number of hydrogen-bond donors (Lipinski definition) is 1. The molecule has 0 aromatic heterocycles. The molecule has 98 valence electrons. The van der Waals surface area contributed by atoms with E-state index < -0.39 is 5.97 Å². The van der Waals surface area contributed by atoms with Crippen LogP contribution in [0.25, 0.3) is 0 Å². The lowest BCUT2D eigenvalue weighted by Gasteiger charge is -2.10. The Morgan fingerprint density at radius 3 is 2.53 bits per heavy atom. The Bertz CT molecular complexity index is 591. The molecule has 0 heterocycles. The number of benzene rings is 2. The van der Waals surface area contributed by atoms with Gasteiger partial charge in [0, 0.05) is 0 Å². The summed E-state index contributed by atoms with van der Waals surface area (Å²) in [6.07, 6.45) is 0. The van der Waals surface area contributed by atoms with Crippen LogP contribution in [0.5, 0.6) is 5.75 Å². The van der Waals surface area contributed by atoms with E-state index in [-0.39, 0.29) is 18.0 Å². The lowest BCUT2D eigenvalue weighted by Crippen LogP contribution is -2.03. The molecule has 0 saturated carbocycles. The summed E-state index contributed by atoms with van der Waals surface area (Å²) < 4.78 is 18.3. The van der Waals surface area contributed by atoms with Gasteiger partial charge >= 0.3 is 5.97 Å². The number of ether oxygens (including phenoxy) is 1. The van der Waals surface area contributed by atoms with Gasteiger partial charge in [-0.25, -0.2) is 9.18 Å². The molecule has 0 aliphatic carbocycles. The van der Waals surface area contributed by atoms with Gasteiger partial charge in [0.1, 0.15) is 23.7 Å². The van der Waals surface area contributed by atoms with E-state index in [1.807, 2.05) is 6.92 Å². The van der Waals surface area contributed by atoms with Gasteiger partial charge in [-0.2, -0.15) is 0 Å². The first-order valence-corrected chi connectivity index (χ1v) is 5.77. The van der Waals surface area contributed by atoms with Gasteiger partial charge in [-0.3, -0.25) is 0 Å². The summed E-state index contributed by atoms with van der Waals surface area (Å²) in [5.74, 6) is -1.03. The Morgan fingerprint density at radius 1 is 1.21 bits per heavy atom. The number of hydrogen-bond acceptors (Lipinski definition) is 2. The van der Waals surface area contributed by atoms with E-state index in [9.17, 15) is 9.18 Å². The molecule has 3 nitrogen and oxygen atoms in total. The Balaban J connectivity index is 2.16. The van der Waals surface area contributed by atoms with E-state index in [1.165, 1.54) is 18.2 Å². The third-order valence-electron chi connectivity index (χ3n) is 2.68. The van der Waals surface area contributed by atoms with Crippen molar-refractivity contribution in [2.45, 2.75) is 13.5 Å². The minimum absolute atomic E-state index is 0.118. The van der Waals surface area contributed by atoms with E-state index in [0.717, 1.165) is 11.1 Å². The standard InChI is InChI=1S/C15H13FO3/c1-10-2-7-13(15(17)18)14(8-10)19-9-11-3-5-12(16)6-4-11/h2-8H,9H2,1H3,(H,17,18). The molecule has 2 rings (SSSR count). The molecule has 4 heteroatoms. The molecule has 0 aliphatic heterocycles. The predicted molar refractivity (Wildman–Crippen MR) is 68.9 cm³/mol. The number of carboxylic acid groups (broad SMARTS) is 1. The highest BCUT2D eigenvalue weighted by atomic mass is 19.1. The molecule has 0 saturated heterocycles. The van der Waals surface area contributed by atoms with Crippen LogP contribution in [0.3, 0.4) is 0 Å². The van der Waals surface area contributed by atoms with Gasteiger partial charge in [-0.1, -0.05) is 18.2 Å². The first-order chi connectivity index (χ1) is 9.06. The average molecular weight is 260 g/mol. The number of aromatic carboxylic acids is 1. The van der Waals surface area contributed by atoms with Crippen molar-refractivity contribution in [3.63, 3.8) is 0 Å². The summed E-state index contributed by atoms with van der Waals surface area (Å²) in [7, 11) is 0. The summed E-state index contributed by atoms with van der Waals surface area (Å²) in [6, 6.07) is 10.8. The van der Waals surface area contributed by atoms with Gasteiger partial charge in [0.2, 0.25) is 0 Å². The van der Waals surface area contributed by atoms with Crippen LogP contribution in [-0.2, 0) is 6.61 Å². The molecule has 2 aromatic rings. The molecule has 0 atom stereocenters. The largest absolute Gasteiger partial charge is 0.488 e. The minimum atomic E-state index is -1.03. The zero-order valence-corrected chi connectivity index (χ0v) is 10.4. The van der Waals surface area contributed by atoms with Gasteiger partial charge in [0.25, 0.3) is 0 Å². The molecule has 0 fully saturated rings. The molecule has 0 aliphatic rings. The van der Waals surface area contributed by atoms with Crippen LogP contribution >= 0.6 is 0 Å². The molecule has 0 radical (unpaired) electrons. The van der Waals surface area contributed by atoms with Gasteiger partial charge in [0.15, 0.2) is 0 Å². The van der Waals surface area contributed by atoms with Crippen molar-refractivity contribution in [1.29, 1.82) is 0 Å². The zero-order valence-electron chi connectivity index (χ0n) is 10.4. The average Bonchev–Trinajstić information content (AvgIpc) is 2.38. The zero-order chi connectivity index (χ0) is 13.8. The fourth-order valence-corrected chi connectivity index (χ4v) is 1.67. The lowest BCUT2D eigenvalue weighted by atomic mass is 10.1. The maximum Gasteiger partial charge on any atom is 0.339 e. The van der Waals surface area contributed by atoms with Crippen LogP contribution in [0.4, 0.5) is 4.39 Å². The second-order valence-electron chi connectivity index (χ2n) is 4.22. The van der Waals surface area contributed by atoms with Crippen molar-refractivity contribution in [2.24, 2.45) is 0 Å². The third kappa shape index (κ3) is 3.31. The molecule has 0 bridgehead atoms. The minimum Gasteiger partial charge on any atom is -0.488 e. The van der Waals surface area contributed by atoms with Crippen molar-refractivity contribution in [3.05, 3.63) is 65.0 Å². The topological polar surface area (TPSA) is 46.5 Å². The predicted octanol–water partition coefficient (Wildman–Crippen LogP) is 3.41. The molecule has 0 unspecified atom stereocenters. The Morgan fingerprint density at radius 2 is 1.89 bits per heavy atom. The van der Waals surface area contributed by atoms with Gasteiger partial charge in [0.05, 0.1) is 0 Å². The SMILES string of the molecule is Cc1ccc(C(=O)O)c(OCc2ccc(F)cc2)c1. The maximum atomic E-state index is 12.8. The molecular formula is C15H13FO3. The molecule has 19 heavy (non-hydrogen) atoms. The van der Waals surface area contributed by atoms with Crippen molar-refractivity contribution in [2.75, 3.05) is 0 Å². The Hall–Kier alpha value is -2.36. The monoisotopic (exact) mass is 260 g/mol. The first kappa shape index (κ1) is 13.1. The molecule has 0 spiro atoms. The van der Waals surface area contributed by atoms with Crippen molar-refractivity contribution < 1.29 is 19.0 Å². The van der Waals surface area contributed by atoms with E-state index >= 15 is 0 Å². The first-order valence-electron chi connectivity index (χ1n) is 5.77. The van der Waals surface area contributed by atoms with Crippen LogP contribution < -0.4 is 4.74 Å². The van der Waals surface area contributed by atoms with Crippen LogP contribution in [0.2, 0.25) is 0 Å². The fourth-order valence-electron chi connectivity index (χ4n) is 1.67. The fraction of sp³-hybridized carbons (Fsp3) is 0.133. The van der Waals surface area contributed by atoms with Gasteiger partial charge in [-0.05, 0) is 42.3 Å². The van der Waals surface area contributed by atoms with Gasteiger partial charge in [-0.15, -0.1) is 0 Å².